The van der Waals surface area contributed by atoms with E-state index in [-0.39, 0.29) is 0 Å². The highest BCUT2D eigenvalue weighted by Crippen LogP contribution is 2.37. The van der Waals surface area contributed by atoms with E-state index in [4.69, 9.17) is 5.73 Å². The monoisotopic (exact) mass is 321 g/mol. The zero-order valence-electron chi connectivity index (χ0n) is 15.0. The summed E-state index contributed by atoms with van der Waals surface area (Å²) in [7, 11) is 0. The minimum absolute atomic E-state index is 0.786. The Balaban J connectivity index is 1.54. The molecule has 0 atom stereocenters. The van der Waals surface area contributed by atoms with Gasteiger partial charge in [-0.15, -0.1) is 0 Å². The number of rotatable bonds is 6. The Bertz CT molecular complexity index is 603. The van der Waals surface area contributed by atoms with Gasteiger partial charge in [-0.25, -0.2) is 0 Å². The second kappa shape index (κ2) is 8.37. The summed E-state index contributed by atoms with van der Waals surface area (Å²) in [6.07, 6.45) is 10.8. The fourth-order valence-corrected chi connectivity index (χ4v) is 4.06. The highest BCUT2D eigenvalue weighted by atomic mass is 14.5. The number of hydrogen-bond donors (Lipinski definition) is 1. The second-order valence-electron chi connectivity index (χ2n) is 7.52. The maximum absolute atomic E-state index is 5.76. The van der Waals surface area contributed by atoms with Gasteiger partial charge in [-0.2, -0.15) is 0 Å². The normalized spacial score (nSPS) is 20.9. The summed E-state index contributed by atoms with van der Waals surface area (Å²) in [5.74, 6) is 1.78. The first kappa shape index (κ1) is 17.1. The first-order valence-corrected chi connectivity index (χ1v) is 9.68. The quantitative estimate of drug-likeness (QED) is 0.619. The molecule has 0 unspecified atom stereocenters. The van der Waals surface area contributed by atoms with Gasteiger partial charge in [-0.05, 0) is 72.8 Å². The van der Waals surface area contributed by atoms with Gasteiger partial charge in [0.15, 0.2) is 0 Å². The maximum atomic E-state index is 5.76. The molecule has 1 aliphatic rings. The smallest absolute Gasteiger partial charge is 0.0314 e. The van der Waals surface area contributed by atoms with Crippen molar-refractivity contribution in [3.8, 4) is 0 Å². The summed E-state index contributed by atoms with van der Waals surface area (Å²) in [5, 5.41) is 0. The number of benzene rings is 2. The number of nitrogens with two attached hydrogens (primary N) is 1. The molecule has 1 saturated carbocycles. The SMILES string of the molecule is CCCCC1CCC(c2ccc(Cc3ccc(N)cc3)cc2)CC1. The molecular formula is C23H31N. The average Bonchev–Trinajstić information content (AvgIpc) is 2.63. The maximum Gasteiger partial charge on any atom is 0.0314 e. The lowest BCUT2D eigenvalue weighted by Gasteiger charge is -2.29. The van der Waals surface area contributed by atoms with Gasteiger partial charge in [0, 0.05) is 5.69 Å². The molecule has 2 aromatic carbocycles. The van der Waals surface area contributed by atoms with Crippen LogP contribution in [0, 0.1) is 5.92 Å². The zero-order valence-corrected chi connectivity index (χ0v) is 15.0. The van der Waals surface area contributed by atoms with E-state index in [2.05, 4.69) is 43.3 Å². The van der Waals surface area contributed by atoms with Crippen LogP contribution < -0.4 is 5.73 Å². The van der Waals surface area contributed by atoms with Gasteiger partial charge in [-0.1, -0.05) is 62.6 Å². The van der Waals surface area contributed by atoms with E-state index in [0.29, 0.717) is 0 Å². The van der Waals surface area contributed by atoms with Gasteiger partial charge in [0.05, 0.1) is 0 Å². The first-order chi connectivity index (χ1) is 11.7. The first-order valence-electron chi connectivity index (χ1n) is 9.68. The molecule has 0 aromatic heterocycles. The standard InChI is InChI=1S/C23H31N/c1-2-3-4-18-5-11-21(12-6-18)22-13-7-19(8-14-22)17-20-9-15-23(24)16-10-20/h7-10,13-16,18,21H,2-6,11-12,17,24H2,1H3. The Kier molecular flexibility index (Phi) is 5.96. The van der Waals surface area contributed by atoms with Crippen LogP contribution in [0.1, 0.15) is 74.5 Å². The third-order valence-corrected chi connectivity index (χ3v) is 5.65. The van der Waals surface area contributed by atoms with Crippen molar-refractivity contribution in [3.05, 3.63) is 65.2 Å². The molecule has 3 rings (SSSR count). The Morgan fingerprint density at radius 1 is 0.833 bits per heavy atom. The topological polar surface area (TPSA) is 26.0 Å². The average molecular weight is 322 g/mol. The predicted molar refractivity (Wildman–Crippen MR) is 104 cm³/mol. The van der Waals surface area contributed by atoms with Crippen molar-refractivity contribution in [1.82, 2.24) is 0 Å². The minimum atomic E-state index is 0.786. The van der Waals surface area contributed by atoms with E-state index in [9.17, 15) is 0 Å². The van der Waals surface area contributed by atoms with Gasteiger partial charge in [0.1, 0.15) is 0 Å². The zero-order chi connectivity index (χ0) is 16.8. The summed E-state index contributed by atoms with van der Waals surface area (Å²) in [4.78, 5) is 0. The Morgan fingerprint density at radius 2 is 1.42 bits per heavy atom. The van der Waals surface area contributed by atoms with Gasteiger partial charge in [0.2, 0.25) is 0 Å². The van der Waals surface area contributed by atoms with Crippen LogP contribution in [0.4, 0.5) is 5.69 Å². The molecule has 0 radical (unpaired) electrons. The molecule has 2 aromatic rings. The van der Waals surface area contributed by atoms with Crippen molar-refractivity contribution in [2.24, 2.45) is 5.92 Å². The molecule has 1 fully saturated rings. The van der Waals surface area contributed by atoms with Crippen LogP contribution in [-0.2, 0) is 6.42 Å². The van der Waals surface area contributed by atoms with Gasteiger partial charge >= 0.3 is 0 Å². The second-order valence-corrected chi connectivity index (χ2v) is 7.52. The summed E-state index contributed by atoms with van der Waals surface area (Å²) in [6.45, 7) is 2.30. The molecule has 2 N–H and O–H groups in total. The Labute approximate surface area is 147 Å². The van der Waals surface area contributed by atoms with Gasteiger partial charge < -0.3 is 5.73 Å². The van der Waals surface area contributed by atoms with Crippen LogP contribution in [0.15, 0.2) is 48.5 Å². The molecule has 0 heterocycles. The van der Waals surface area contributed by atoms with Crippen LogP contribution in [0.3, 0.4) is 0 Å². The molecule has 24 heavy (non-hydrogen) atoms. The number of unbranched alkanes of at least 4 members (excludes halogenated alkanes) is 1. The van der Waals surface area contributed by atoms with Crippen LogP contribution in [0.2, 0.25) is 0 Å². The molecule has 0 spiro atoms. The van der Waals surface area contributed by atoms with Crippen LogP contribution in [0.25, 0.3) is 0 Å². The van der Waals surface area contributed by atoms with Crippen molar-refractivity contribution >= 4 is 5.69 Å². The molecule has 0 amide bonds. The summed E-state index contributed by atoms with van der Waals surface area (Å²) >= 11 is 0. The molecule has 128 valence electrons. The van der Waals surface area contributed by atoms with E-state index in [1.165, 1.54) is 56.1 Å². The van der Waals surface area contributed by atoms with Crippen LogP contribution >= 0.6 is 0 Å². The molecule has 0 aliphatic heterocycles. The molecular weight excluding hydrogens is 290 g/mol. The molecule has 1 heteroatoms. The van der Waals surface area contributed by atoms with Crippen LogP contribution in [0.5, 0.6) is 0 Å². The number of anilines is 1. The van der Waals surface area contributed by atoms with Crippen molar-refractivity contribution < 1.29 is 0 Å². The van der Waals surface area contributed by atoms with Gasteiger partial charge in [-0.3, -0.25) is 0 Å². The van der Waals surface area contributed by atoms with E-state index >= 15 is 0 Å². The molecule has 0 bridgehead atoms. The van der Waals surface area contributed by atoms with Crippen molar-refractivity contribution in [1.29, 1.82) is 0 Å². The van der Waals surface area contributed by atoms with Crippen molar-refractivity contribution in [2.45, 2.75) is 64.2 Å². The van der Waals surface area contributed by atoms with E-state index in [0.717, 1.165) is 23.9 Å². The Morgan fingerprint density at radius 3 is 2.00 bits per heavy atom. The molecule has 1 aliphatic carbocycles. The van der Waals surface area contributed by atoms with Crippen molar-refractivity contribution in [3.63, 3.8) is 0 Å². The third kappa shape index (κ3) is 4.63. The third-order valence-electron chi connectivity index (χ3n) is 5.65. The van der Waals surface area contributed by atoms with E-state index in [1.807, 2.05) is 12.1 Å². The number of nitrogen functional groups attached to an aromatic ring is 1. The summed E-state index contributed by atoms with van der Waals surface area (Å²) < 4.78 is 0. The van der Waals surface area contributed by atoms with Crippen LogP contribution in [-0.4, -0.2) is 0 Å². The number of hydrogen-bond acceptors (Lipinski definition) is 1. The summed E-state index contributed by atoms with van der Waals surface area (Å²) in [5.41, 5.74) is 10.9. The molecule has 1 nitrogen and oxygen atoms in total. The fourth-order valence-electron chi connectivity index (χ4n) is 4.06. The lowest BCUT2D eigenvalue weighted by atomic mass is 9.77. The highest BCUT2D eigenvalue weighted by Gasteiger charge is 2.21. The van der Waals surface area contributed by atoms with Gasteiger partial charge in [0.25, 0.3) is 0 Å². The molecule has 0 saturated heterocycles. The van der Waals surface area contributed by atoms with E-state index in [1.54, 1.807) is 5.56 Å². The predicted octanol–water partition coefficient (Wildman–Crippen LogP) is 6.32. The highest BCUT2D eigenvalue weighted by molar-refractivity contribution is 5.40. The lowest BCUT2D eigenvalue weighted by Crippen LogP contribution is -2.13. The fraction of sp³-hybridized carbons (Fsp3) is 0.478. The largest absolute Gasteiger partial charge is 0.399 e. The Hall–Kier alpha value is -1.76. The van der Waals surface area contributed by atoms with Crippen molar-refractivity contribution in [2.75, 3.05) is 5.73 Å². The van der Waals surface area contributed by atoms with E-state index < -0.39 is 0 Å². The summed E-state index contributed by atoms with van der Waals surface area (Å²) in [6, 6.07) is 17.6. The lowest BCUT2D eigenvalue weighted by molar-refractivity contribution is 0.304. The minimum Gasteiger partial charge on any atom is -0.399 e.